The van der Waals surface area contributed by atoms with Crippen LogP contribution in [0.25, 0.3) is 33.2 Å². The number of fused-ring (bicyclic) bond motifs is 4. The molecular formula is C46H50N6+4. The van der Waals surface area contributed by atoms with Crippen LogP contribution in [0, 0.1) is 0 Å². The number of para-hydroxylation sites is 4. The first-order valence-electron chi connectivity index (χ1n) is 18.9. The highest BCUT2D eigenvalue weighted by molar-refractivity contribution is 5.97. The number of unbranched alkanes of at least 4 members (excludes halogenated alkanes) is 5. The molecule has 52 heavy (non-hydrogen) atoms. The van der Waals surface area contributed by atoms with E-state index in [0.29, 0.717) is 0 Å². The molecule has 0 fully saturated rings. The summed E-state index contributed by atoms with van der Waals surface area (Å²) >= 11 is 0. The third-order valence-corrected chi connectivity index (χ3v) is 11.0. The molecule has 0 bridgehead atoms. The number of pyridine rings is 2. The Morgan fingerprint density at radius 3 is 1.63 bits per heavy atom. The molecule has 0 saturated heterocycles. The number of aromatic nitrogens is 4. The second kappa shape index (κ2) is 14.9. The summed E-state index contributed by atoms with van der Waals surface area (Å²) in [6, 6.07) is 41.9. The Kier molecular flexibility index (Phi) is 9.62. The van der Waals surface area contributed by atoms with Crippen molar-refractivity contribution in [3.8, 4) is 11.1 Å². The zero-order valence-electron chi connectivity index (χ0n) is 30.8. The summed E-state index contributed by atoms with van der Waals surface area (Å²) in [6.07, 6.45) is 16.3. The lowest BCUT2D eigenvalue weighted by Gasteiger charge is -2.38. The average Bonchev–Trinajstić information content (AvgIpc) is 3.19. The van der Waals surface area contributed by atoms with Crippen molar-refractivity contribution in [3.63, 3.8) is 0 Å². The van der Waals surface area contributed by atoms with Gasteiger partial charge in [-0.3, -0.25) is 0 Å². The van der Waals surface area contributed by atoms with E-state index in [4.69, 9.17) is 0 Å². The number of nitrogens with zero attached hydrogens (tertiary/aromatic N) is 6. The van der Waals surface area contributed by atoms with Crippen LogP contribution in [-0.2, 0) is 27.2 Å². The van der Waals surface area contributed by atoms with Crippen LogP contribution >= 0.6 is 0 Å². The Balaban J connectivity index is 0.849. The normalized spacial score (nSPS) is 12.4. The largest absolute Gasteiger partial charge is 0.341 e. The lowest BCUT2D eigenvalue weighted by Crippen LogP contribution is -2.41. The molecule has 0 unspecified atom stereocenters. The van der Waals surface area contributed by atoms with Gasteiger partial charge in [0.15, 0.2) is 31.3 Å². The van der Waals surface area contributed by atoms with E-state index in [9.17, 15) is 0 Å². The minimum Gasteiger partial charge on any atom is -0.341 e. The van der Waals surface area contributed by atoms with Gasteiger partial charge in [0.2, 0.25) is 0 Å². The highest BCUT2D eigenvalue weighted by Gasteiger charge is 2.31. The van der Waals surface area contributed by atoms with Gasteiger partial charge in [-0.25, -0.2) is 9.13 Å². The van der Waals surface area contributed by atoms with Crippen LogP contribution in [0.1, 0.15) is 44.1 Å². The first kappa shape index (κ1) is 33.5. The molecule has 0 saturated carbocycles. The van der Waals surface area contributed by atoms with Crippen LogP contribution in [0.4, 0.5) is 22.7 Å². The summed E-state index contributed by atoms with van der Waals surface area (Å²) in [5, 5.41) is 0. The van der Waals surface area contributed by atoms with Crippen molar-refractivity contribution in [3.05, 3.63) is 146 Å². The van der Waals surface area contributed by atoms with Crippen molar-refractivity contribution < 1.29 is 18.3 Å². The Labute approximate surface area is 308 Å². The van der Waals surface area contributed by atoms with E-state index in [1.54, 1.807) is 0 Å². The third-order valence-electron chi connectivity index (χ3n) is 11.0. The summed E-state index contributed by atoms with van der Waals surface area (Å²) in [4.78, 5) is 4.93. The zero-order chi connectivity index (χ0) is 35.4. The molecule has 1 aliphatic heterocycles. The lowest BCUT2D eigenvalue weighted by molar-refractivity contribution is -0.697. The molecule has 0 radical (unpaired) electrons. The molecule has 3 aromatic heterocycles. The minimum absolute atomic E-state index is 0.892. The summed E-state index contributed by atoms with van der Waals surface area (Å²) in [7, 11) is 6.59. The summed E-state index contributed by atoms with van der Waals surface area (Å²) in [6.45, 7) is 2.98. The molecule has 0 aliphatic carbocycles. The number of benzene rings is 4. The van der Waals surface area contributed by atoms with Gasteiger partial charge in [-0.1, -0.05) is 73.9 Å². The summed E-state index contributed by atoms with van der Waals surface area (Å²) in [5.74, 6) is 0. The van der Waals surface area contributed by atoms with Crippen molar-refractivity contribution in [2.75, 3.05) is 23.4 Å². The van der Waals surface area contributed by atoms with Crippen molar-refractivity contribution in [2.45, 2.75) is 51.6 Å². The quantitative estimate of drug-likeness (QED) is 0.0735. The lowest BCUT2D eigenvalue weighted by atomic mass is 10.0. The maximum absolute atomic E-state index is 2.57. The fourth-order valence-corrected chi connectivity index (χ4v) is 7.96. The maximum atomic E-state index is 2.57. The number of hydrogen-bond donors (Lipinski definition) is 0. The average molecular weight is 687 g/mol. The smallest absolute Gasteiger partial charge is 0.280 e. The van der Waals surface area contributed by atoms with Crippen molar-refractivity contribution in [1.29, 1.82) is 0 Å². The molecule has 0 atom stereocenters. The van der Waals surface area contributed by atoms with Gasteiger partial charge in [0.05, 0.1) is 22.7 Å². The molecule has 0 spiro atoms. The summed E-state index contributed by atoms with van der Waals surface area (Å²) in [5.41, 5.74) is 13.9. The highest BCUT2D eigenvalue weighted by Crippen LogP contribution is 2.48. The first-order chi connectivity index (χ1) is 25.5. The zero-order valence-corrected chi connectivity index (χ0v) is 30.8. The number of anilines is 4. The molecule has 4 aromatic carbocycles. The molecule has 1 aliphatic rings. The summed E-state index contributed by atoms with van der Waals surface area (Å²) < 4.78 is 9.25. The van der Waals surface area contributed by atoms with Crippen LogP contribution in [0.3, 0.4) is 0 Å². The fraction of sp³-hybridized carbons (Fsp3) is 0.261. The fourth-order valence-electron chi connectivity index (χ4n) is 7.96. The van der Waals surface area contributed by atoms with Gasteiger partial charge < -0.3 is 9.80 Å². The van der Waals surface area contributed by atoms with Crippen LogP contribution in [-0.4, -0.2) is 13.6 Å². The van der Waals surface area contributed by atoms with E-state index < -0.39 is 0 Å². The van der Waals surface area contributed by atoms with Crippen LogP contribution in [0.15, 0.2) is 140 Å². The molecule has 8 rings (SSSR count). The predicted molar refractivity (Wildman–Crippen MR) is 211 cm³/mol. The SMILES string of the molecule is CN1c2ccccc2N(CCCCCCCC[n+]2ccc(-c3cc[n+](Cc4ccccc4)cc3)cc2)c2cc3c(cc21)[n+](C)c1ccccc1[n+]3C. The molecule has 260 valence electrons. The Morgan fingerprint density at radius 1 is 0.462 bits per heavy atom. The number of rotatable bonds is 12. The van der Waals surface area contributed by atoms with E-state index in [-0.39, 0.29) is 0 Å². The second-order valence-electron chi connectivity index (χ2n) is 14.3. The van der Waals surface area contributed by atoms with E-state index in [1.165, 1.54) is 100 Å². The number of hydrogen-bond acceptors (Lipinski definition) is 2. The first-order valence-corrected chi connectivity index (χ1v) is 18.9. The van der Waals surface area contributed by atoms with E-state index in [0.717, 1.165) is 19.6 Å². The van der Waals surface area contributed by atoms with Crippen molar-refractivity contribution in [1.82, 2.24) is 0 Å². The van der Waals surface area contributed by atoms with Crippen molar-refractivity contribution in [2.24, 2.45) is 14.1 Å². The van der Waals surface area contributed by atoms with E-state index >= 15 is 0 Å². The second-order valence-corrected chi connectivity index (χ2v) is 14.3. The van der Waals surface area contributed by atoms with Gasteiger partial charge in [-0.05, 0) is 36.1 Å². The standard InChI is InChI=1S/C46H50N6/c1-47-39-19-11-12-20-40(39)48(2)44-34-46-45(33-43(44)47)49(3)41-21-13-14-22-42(41)52(46)28-16-7-5-4-6-15-27-50-29-23-37(24-30-50)38-25-31-51(32-26-38)35-36-17-9-8-10-18-36/h8-14,17-26,29-34H,4-7,15-16,27-28,35H2,1-3H3/q+4. The van der Waals surface area contributed by atoms with E-state index in [2.05, 4.69) is 189 Å². The van der Waals surface area contributed by atoms with Gasteiger partial charge in [0.25, 0.3) is 22.1 Å². The maximum Gasteiger partial charge on any atom is 0.280 e. The molecule has 6 nitrogen and oxygen atoms in total. The topological polar surface area (TPSA) is 22.0 Å². The molecule has 6 heteroatoms. The Hall–Kier alpha value is -5.62. The van der Waals surface area contributed by atoms with Gasteiger partial charge in [0.1, 0.15) is 20.6 Å². The van der Waals surface area contributed by atoms with Gasteiger partial charge in [0, 0.05) is 74.1 Å². The third kappa shape index (κ3) is 6.73. The minimum atomic E-state index is 0.892. The molecular weight excluding hydrogens is 637 g/mol. The van der Waals surface area contributed by atoms with Crippen molar-refractivity contribution >= 4 is 44.8 Å². The number of aryl methyl sites for hydroxylation is 3. The Morgan fingerprint density at radius 2 is 0.981 bits per heavy atom. The van der Waals surface area contributed by atoms with Crippen LogP contribution in [0.2, 0.25) is 0 Å². The Bertz CT molecular complexity index is 2320. The van der Waals surface area contributed by atoms with Gasteiger partial charge >= 0.3 is 0 Å². The molecule has 7 aromatic rings. The predicted octanol–water partition coefficient (Wildman–Crippen LogP) is 8.19. The van der Waals surface area contributed by atoms with Crippen LogP contribution in [0.5, 0.6) is 0 Å². The molecule has 0 amide bonds. The van der Waals surface area contributed by atoms with Gasteiger partial charge in [-0.15, -0.1) is 0 Å². The molecule has 0 N–H and O–H groups in total. The van der Waals surface area contributed by atoms with Crippen LogP contribution < -0.4 is 28.1 Å². The van der Waals surface area contributed by atoms with Gasteiger partial charge in [-0.2, -0.15) is 9.13 Å². The monoisotopic (exact) mass is 686 g/mol. The highest BCUT2D eigenvalue weighted by atomic mass is 15.3. The molecule has 4 heterocycles. The van der Waals surface area contributed by atoms with E-state index in [1.807, 2.05) is 0 Å².